The number of nitrogens with zero attached hydrogens (tertiary/aromatic N) is 1. The van der Waals surface area contributed by atoms with Crippen LogP contribution in [0.1, 0.15) is 45.7 Å². The maximum atomic E-state index is 14.1. The standard InChI is InChI=1S/C26H24F6N4O10/c1-7(37)14(23(42)44-3)35-21(40)9-5-6-10(25(27,28)29)19-16(9)34-17-11(22(41)36-15(8(2)38)24(43)45-4)13(33)18(39)12(20(17)46-19)26(30,31)32/h5-8,14-15,37-38H,33H2,1-4H3,(H,35,40)(H,36,41)/t7-,8-,14+,15+/m1/s1. The molecule has 0 fully saturated rings. The molecule has 1 aromatic rings. The number of hydrogen-bond acceptors (Lipinski definition) is 12. The number of benzene rings is 2. The van der Waals surface area contributed by atoms with E-state index in [4.69, 9.17) is 10.2 Å². The minimum absolute atomic E-state index is 0.240. The molecule has 0 radical (unpaired) electrons. The van der Waals surface area contributed by atoms with Gasteiger partial charge in [-0.1, -0.05) is 0 Å². The molecule has 0 saturated heterocycles. The Morgan fingerprint density at radius 3 is 1.83 bits per heavy atom. The van der Waals surface area contributed by atoms with E-state index in [9.17, 15) is 60.5 Å². The van der Waals surface area contributed by atoms with Gasteiger partial charge in [0, 0.05) is 0 Å². The molecule has 46 heavy (non-hydrogen) atoms. The van der Waals surface area contributed by atoms with Crippen molar-refractivity contribution in [3.63, 3.8) is 0 Å². The number of carbonyl (C=O) groups is 4. The lowest BCUT2D eigenvalue weighted by molar-refractivity contribution is -0.146. The number of ether oxygens (including phenoxy) is 2. The first-order valence-corrected chi connectivity index (χ1v) is 12.7. The number of rotatable bonds is 8. The Labute approximate surface area is 252 Å². The number of aromatic nitrogens is 1. The van der Waals surface area contributed by atoms with Crippen LogP contribution in [0.15, 0.2) is 21.3 Å². The molecule has 4 atom stereocenters. The number of nitrogen functional groups attached to an aromatic ring is 1. The van der Waals surface area contributed by atoms with Crippen molar-refractivity contribution in [1.82, 2.24) is 15.6 Å². The largest absolute Gasteiger partial charge is 0.467 e. The Morgan fingerprint density at radius 2 is 1.39 bits per heavy atom. The van der Waals surface area contributed by atoms with E-state index in [1.807, 2.05) is 10.6 Å². The van der Waals surface area contributed by atoms with Gasteiger partial charge in [0.1, 0.15) is 22.3 Å². The molecule has 14 nitrogen and oxygen atoms in total. The number of anilines is 1. The second-order valence-electron chi connectivity index (χ2n) is 9.65. The van der Waals surface area contributed by atoms with Crippen LogP contribution < -0.4 is 21.8 Å². The van der Waals surface area contributed by atoms with Gasteiger partial charge in [0.05, 0.1) is 43.2 Å². The zero-order valence-corrected chi connectivity index (χ0v) is 23.9. The topological polar surface area (TPSA) is 220 Å². The fourth-order valence-electron chi connectivity index (χ4n) is 4.25. The number of aliphatic hydroxyl groups excluding tert-OH is 2. The van der Waals surface area contributed by atoms with Crippen LogP contribution in [0.4, 0.5) is 32.0 Å². The van der Waals surface area contributed by atoms with Crippen LogP contribution in [-0.4, -0.2) is 77.5 Å². The molecule has 250 valence electrons. The van der Waals surface area contributed by atoms with E-state index >= 15 is 0 Å². The molecule has 1 aromatic carbocycles. The van der Waals surface area contributed by atoms with Crippen LogP contribution in [0, 0.1) is 0 Å². The van der Waals surface area contributed by atoms with Gasteiger partial charge in [0.2, 0.25) is 5.43 Å². The smallest absolute Gasteiger partial charge is 0.423 e. The molecular weight excluding hydrogens is 642 g/mol. The lowest BCUT2D eigenvalue weighted by Crippen LogP contribution is -2.49. The highest BCUT2D eigenvalue weighted by Crippen LogP contribution is 2.43. The highest BCUT2D eigenvalue weighted by Gasteiger charge is 2.45. The molecule has 1 heterocycles. The number of halogens is 6. The molecule has 2 aliphatic rings. The fourth-order valence-corrected chi connectivity index (χ4v) is 4.25. The molecule has 0 bridgehead atoms. The SMILES string of the molecule is COC(=O)[C@@H](NC(=O)c1c2nc3c(C(=O)N[C@H](C(=O)OC)[C@@H](C)O)ccc(C(F)(F)F)c3oc-2c(C(F)(F)F)c(=O)c1N)[C@@H](C)O. The van der Waals surface area contributed by atoms with Crippen LogP contribution in [0.3, 0.4) is 0 Å². The third-order valence-corrected chi connectivity index (χ3v) is 6.49. The minimum atomic E-state index is -5.65. The average molecular weight is 666 g/mol. The van der Waals surface area contributed by atoms with Gasteiger partial charge in [0.25, 0.3) is 11.8 Å². The normalized spacial score (nSPS) is 14.7. The Morgan fingerprint density at radius 1 is 0.891 bits per heavy atom. The first-order valence-electron chi connectivity index (χ1n) is 12.7. The zero-order chi connectivity index (χ0) is 35.0. The van der Waals surface area contributed by atoms with Crippen molar-refractivity contribution in [3.05, 3.63) is 44.6 Å². The summed E-state index contributed by atoms with van der Waals surface area (Å²) >= 11 is 0. The number of nitrogens with one attached hydrogen (secondary N) is 2. The zero-order valence-electron chi connectivity index (χ0n) is 23.9. The van der Waals surface area contributed by atoms with Crippen molar-refractivity contribution in [2.24, 2.45) is 0 Å². The minimum Gasteiger partial charge on any atom is -0.467 e. The van der Waals surface area contributed by atoms with Gasteiger partial charge in [0.15, 0.2) is 23.4 Å². The predicted molar refractivity (Wildman–Crippen MR) is 141 cm³/mol. The molecular formula is C26H24F6N4O10. The number of hydrogen-bond donors (Lipinski definition) is 5. The van der Waals surface area contributed by atoms with E-state index in [0.29, 0.717) is 6.07 Å². The van der Waals surface area contributed by atoms with Gasteiger partial charge >= 0.3 is 24.3 Å². The number of esters is 2. The predicted octanol–water partition coefficient (Wildman–Crippen LogP) is 1.22. The van der Waals surface area contributed by atoms with E-state index in [1.165, 1.54) is 0 Å². The number of aliphatic hydroxyl groups is 2. The molecule has 2 amide bonds. The van der Waals surface area contributed by atoms with Crippen LogP contribution in [0.5, 0.6) is 0 Å². The number of amides is 2. The molecule has 0 spiro atoms. The van der Waals surface area contributed by atoms with Crippen molar-refractivity contribution in [2.45, 2.75) is 50.5 Å². The molecule has 1 aliphatic carbocycles. The van der Waals surface area contributed by atoms with E-state index in [0.717, 1.165) is 28.1 Å². The molecule has 1 aliphatic heterocycles. The van der Waals surface area contributed by atoms with E-state index < -0.39 is 116 Å². The van der Waals surface area contributed by atoms with E-state index in [1.54, 1.807) is 0 Å². The summed E-state index contributed by atoms with van der Waals surface area (Å²) in [5.74, 6) is -7.17. The van der Waals surface area contributed by atoms with Crippen molar-refractivity contribution >= 4 is 40.5 Å². The summed E-state index contributed by atoms with van der Waals surface area (Å²) in [5.41, 5.74) is -7.96. The Balaban J connectivity index is 2.51. The van der Waals surface area contributed by atoms with Gasteiger partial charge in [-0.15, -0.1) is 0 Å². The van der Waals surface area contributed by atoms with Crippen molar-refractivity contribution in [3.8, 4) is 11.5 Å². The molecule has 6 N–H and O–H groups in total. The summed E-state index contributed by atoms with van der Waals surface area (Å²) in [6.45, 7) is 2.06. The van der Waals surface area contributed by atoms with E-state index in [-0.39, 0.29) is 6.07 Å². The van der Waals surface area contributed by atoms with Gasteiger partial charge in [-0.25, -0.2) is 14.6 Å². The first-order chi connectivity index (χ1) is 21.2. The van der Waals surface area contributed by atoms with Crippen molar-refractivity contribution in [2.75, 3.05) is 20.0 Å². The Hall–Kier alpha value is -4.98. The maximum absolute atomic E-state index is 14.1. The summed E-state index contributed by atoms with van der Waals surface area (Å²) < 4.78 is 98.4. The number of fused-ring (bicyclic) bond motifs is 2. The Kier molecular flexibility index (Phi) is 9.87. The van der Waals surface area contributed by atoms with Crippen LogP contribution in [-0.2, 0) is 31.4 Å². The number of alkyl halides is 6. The number of carbonyl (C=O) groups excluding carboxylic acids is 4. The monoisotopic (exact) mass is 666 g/mol. The molecule has 0 aromatic heterocycles. The average Bonchev–Trinajstić information content (AvgIpc) is 2.95. The van der Waals surface area contributed by atoms with Crippen LogP contribution in [0.2, 0.25) is 0 Å². The van der Waals surface area contributed by atoms with Gasteiger partial charge in [-0.2, -0.15) is 26.3 Å². The molecule has 0 unspecified atom stereocenters. The quantitative estimate of drug-likeness (QED) is 0.0992. The summed E-state index contributed by atoms with van der Waals surface area (Å²) in [5, 5.41) is 23.7. The molecule has 3 rings (SSSR count). The summed E-state index contributed by atoms with van der Waals surface area (Å²) in [6.07, 6.45) is -14.3. The summed E-state index contributed by atoms with van der Waals surface area (Å²) in [6, 6.07) is -2.93. The highest BCUT2D eigenvalue weighted by atomic mass is 19.4. The summed E-state index contributed by atoms with van der Waals surface area (Å²) in [4.78, 5) is 67.1. The number of methoxy groups -OCH3 is 2. The third kappa shape index (κ3) is 6.66. The van der Waals surface area contributed by atoms with Gasteiger partial charge < -0.3 is 40.5 Å². The number of nitrogens with two attached hydrogens (primary N) is 1. The molecule has 20 heteroatoms. The second kappa shape index (κ2) is 12.8. The van der Waals surface area contributed by atoms with Gasteiger partial charge in [-0.05, 0) is 26.0 Å². The lowest BCUT2D eigenvalue weighted by Gasteiger charge is -2.23. The summed E-state index contributed by atoms with van der Waals surface area (Å²) in [7, 11) is 1.76. The van der Waals surface area contributed by atoms with Gasteiger partial charge in [-0.3, -0.25) is 14.4 Å². The van der Waals surface area contributed by atoms with Crippen LogP contribution in [0.25, 0.3) is 22.6 Å². The fraction of sp³-hybridized carbons (Fsp3) is 0.385. The van der Waals surface area contributed by atoms with E-state index in [2.05, 4.69) is 14.5 Å². The van der Waals surface area contributed by atoms with Crippen LogP contribution >= 0.6 is 0 Å². The lowest BCUT2D eigenvalue weighted by atomic mass is 9.97. The second-order valence-corrected chi connectivity index (χ2v) is 9.65. The van der Waals surface area contributed by atoms with Crippen molar-refractivity contribution < 1.29 is 69.6 Å². The highest BCUT2D eigenvalue weighted by molar-refractivity contribution is 6.09. The maximum Gasteiger partial charge on any atom is 0.423 e. The van der Waals surface area contributed by atoms with Crippen molar-refractivity contribution in [1.29, 1.82) is 0 Å². The Bertz CT molecular complexity index is 1740. The first kappa shape index (κ1) is 35.5. The molecule has 0 saturated carbocycles. The third-order valence-electron chi connectivity index (χ3n) is 6.49.